The summed E-state index contributed by atoms with van der Waals surface area (Å²) in [5.74, 6) is -0.207. The van der Waals surface area contributed by atoms with Crippen LogP contribution in [0.1, 0.15) is 51.9 Å². The predicted molar refractivity (Wildman–Crippen MR) is 164 cm³/mol. The van der Waals surface area contributed by atoms with Gasteiger partial charge < -0.3 is 14.3 Å². The molecule has 0 saturated heterocycles. The van der Waals surface area contributed by atoms with Crippen LogP contribution >= 0.6 is 11.6 Å². The lowest BCUT2D eigenvalue weighted by molar-refractivity contribution is 0.00396. The molecule has 0 bridgehead atoms. The van der Waals surface area contributed by atoms with Gasteiger partial charge in [0.15, 0.2) is 5.78 Å². The Bertz CT molecular complexity index is 1210. The van der Waals surface area contributed by atoms with E-state index in [2.05, 4.69) is 45.0 Å². The van der Waals surface area contributed by atoms with Gasteiger partial charge in [0.2, 0.25) is 0 Å². The number of Topliss-reactive ketones (excluding diaryl/α,β-unsaturated/α-hetero) is 1. The molecule has 3 rings (SSSR count). The fourth-order valence-corrected chi connectivity index (χ4v) is 9.90. The first-order valence-corrected chi connectivity index (χ1v) is 15.7. The lowest BCUT2D eigenvalue weighted by Gasteiger charge is -2.45. The summed E-state index contributed by atoms with van der Waals surface area (Å²) in [6, 6.07) is 26.3. The van der Waals surface area contributed by atoms with Gasteiger partial charge in [-0.3, -0.25) is 9.69 Å². The van der Waals surface area contributed by atoms with Crippen molar-refractivity contribution in [2.45, 2.75) is 58.2 Å². The van der Waals surface area contributed by atoms with Crippen LogP contribution in [0.15, 0.2) is 84.9 Å². The van der Waals surface area contributed by atoms with Crippen LogP contribution in [0.4, 0.5) is 4.79 Å². The Morgan fingerprint density at radius 2 is 1.32 bits per heavy atom. The molecule has 0 fully saturated rings. The maximum absolute atomic E-state index is 12.7. The number of amides is 1. The summed E-state index contributed by atoms with van der Waals surface area (Å²) in [6.45, 7) is 12.0. The van der Waals surface area contributed by atoms with Crippen molar-refractivity contribution in [3.05, 3.63) is 95.5 Å². The van der Waals surface area contributed by atoms with E-state index in [1.165, 1.54) is 4.90 Å². The Morgan fingerprint density at radius 1 is 0.825 bits per heavy atom. The molecule has 214 valence electrons. The van der Waals surface area contributed by atoms with Crippen molar-refractivity contribution in [1.82, 2.24) is 4.90 Å². The molecule has 1 N–H and O–H groups in total. The van der Waals surface area contributed by atoms with Crippen LogP contribution in [-0.2, 0) is 9.16 Å². The zero-order valence-electron chi connectivity index (χ0n) is 24.2. The second-order valence-corrected chi connectivity index (χ2v) is 16.6. The normalized spacial score (nSPS) is 13.1. The Hall–Kier alpha value is -2.97. The molecule has 40 heavy (non-hydrogen) atoms. The first-order chi connectivity index (χ1) is 18.8. The molecular formula is C32H40ClNO5Si. The largest absolute Gasteiger partial charge is 0.465 e. The van der Waals surface area contributed by atoms with Crippen molar-refractivity contribution in [3.63, 3.8) is 0 Å². The van der Waals surface area contributed by atoms with Gasteiger partial charge in [-0.05, 0) is 60.4 Å². The number of hydrogen-bond acceptors (Lipinski definition) is 4. The van der Waals surface area contributed by atoms with Crippen molar-refractivity contribution < 1.29 is 23.9 Å². The van der Waals surface area contributed by atoms with E-state index < -0.39 is 26.0 Å². The molecule has 8 heteroatoms. The monoisotopic (exact) mass is 581 g/mol. The van der Waals surface area contributed by atoms with E-state index in [0.29, 0.717) is 10.6 Å². The van der Waals surface area contributed by atoms with E-state index in [1.807, 2.05) is 57.2 Å². The SMILES string of the molecule is CC(C)(C)N(C(=O)O)C(COCC(=O)c1ccc(Cl)cc1)CO[Si](c1ccccc1)(c1ccccc1)C(C)(C)C. The fraction of sp³-hybridized carbons (Fsp3) is 0.375. The molecule has 0 aliphatic heterocycles. The molecular weight excluding hydrogens is 542 g/mol. The molecule has 3 aromatic rings. The van der Waals surface area contributed by atoms with Gasteiger partial charge in [0.1, 0.15) is 6.61 Å². The molecule has 0 heterocycles. The van der Waals surface area contributed by atoms with Gasteiger partial charge in [0.05, 0.1) is 19.3 Å². The summed E-state index contributed by atoms with van der Waals surface area (Å²) in [7, 11) is -2.93. The smallest absolute Gasteiger partial charge is 0.408 e. The topological polar surface area (TPSA) is 76.1 Å². The molecule has 0 aliphatic rings. The quantitative estimate of drug-likeness (QED) is 0.213. The van der Waals surface area contributed by atoms with E-state index in [9.17, 15) is 14.7 Å². The zero-order chi connectivity index (χ0) is 29.6. The molecule has 1 atom stereocenters. The Kier molecular flexibility index (Phi) is 10.4. The molecule has 0 radical (unpaired) electrons. The number of benzene rings is 3. The number of rotatable bonds is 11. The summed E-state index contributed by atoms with van der Waals surface area (Å²) in [5.41, 5.74) is -0.245. The first-order valence-electron chi connectivity index (χ1n) is 13.4. The Balaban J connectivity index is 1.96. The number of carbonyl (C=O) groups is 2. The number of ketones is 1. The van der Waals surface area contributed by atoms with Crippen molar-refractivity contribution in [1.29, 1.82) is 0 Å². The first kappa shape index (κ1) is 31.6. The summed E-state index contributed by atoms with van der Waals surface area (Å²) < 4.78 is 12.9. The highest BCUT2D eigenvalue weighted by atomic mass is 35.5. The van der Waals surface area contributed by atoms with Gasteiger partial charge in [0, 0.05) is 16.1 Å². The maximum atomic E-state index is 12.7. The van der Waals surface area contributed by atoms with Crippen LogP contribution < -0.4 is 10.4 Å². The molecule has 0 saturated carbocycles. The molecule has 0 spiro atoms. The summed E-state index contributed by atoms with van der Waals surface area (Å²) >= 11 is 5.95. The van der Waals surface area contributed by atoms with E-state index >= 15 is 0 Å². The zero-order valence-corrected chi connectivity index (χ0v) is 25.9. The Morgan fingerprint density at radius 3 is 1.75 bits per heavy atom. The third-order valence-electron chi connectivity index (χ3n) is 6.91. The number of nitrogens with zero attached hydrogens (tertiary/aromatic N) is 1. The van der Waals surface area contributed by atoms with Crippen molar-refractivity contribution >= 4 is 42.2 Å². The highest BCUT2D eigenvalue weighted by Gasteiger charge is 2.51. The average Bonchev–Trinajstić information content (AvgIpc) is 2.88. The minimum atomic E-state index is -2.93. The third kappa shape index (κ3) is 7.40. The minimum absolute atomic E-state index is 0.00109. The predicted octanol–water partition coefficient (Wildman–Crippen LogP) is 6.26. The van der Waals surface area contributed by atoms with Gasteiger partial charge >= 0.3 is 6.09 Å². The van der Waals surface area contributed by atoms with Gasteiger partial charge in [-0.2, -0.15) is 0 Å². The van der Waals surface area contributed by atoms with E-state index in [-0.39, 0.29) is 30.6 Å². The molecule has 6 nitrogen and oxygen atoms in total. The van der Waals surface area contributed by atoms with E-state index in [0.717, 1.165) is 10.4 Å². The lowest BCUT2D eigenvalue weighted by Crippen LogP contribution is -2.68. The number of hydrogen-bond donors (Lipinski definition) is 1. The number of ether oxygens (including phenoxy) is 1. The summed E-state index contributed by atoms with van der Waals surface area (Å²) in [6.07, 6.45) is -1.07. The van der Waals surface area contributed by atoms with Crippen LogP contribution in [-0.4, -0.2) is 61.6 Å². The minimum Gasteiger partial charge on any atom is -0.465 e. The molecule has 1 amide bonds. The van der Waals surface area contributed by atoms with Crippen LogP contribution in [0.3, 0.4) is 0 Å². The average molecular weight is 582 g/mol. The maximum Gasteiger partial charge on any atom is 0.408 e. The molecule has 1 unspecified atom stereocenters. The molecule has 0 aliphatic carbocycles. The van der Waals surface area contributed by atoms with Gasteiger partial charge in [-0.1, -0.05) is 93.0 Å². The van der Waals surface area contributed by atoms with Crippen LogP contribution in [0, 0.1) is 0 Å². The highest BCUT2D eigenvalue weighted by molar-refractivity contribution is 6.99. The second-order valence-electron chi connectivity index (χ2n) is 11.9. The fourth-order valence-electron chi connectivity index (χ4n) is 5.18. The number of carboxylic acid groups (broad SMARTS) is 1. The van der Waals surface area contributed by atoms with Crippen molar-refractivity contribution in [3.8, 4) is 0 Å². The summed E-state index contributed by atoms with van der Waals surface area (Å²) in [4.78, 5) is 26.7. The van der Waals surface area contributed by atoms with Gasteiger partial charge in [0.25, 0.3) is 8.32 Å². The van der Waals surface area contributed by atoms with Crippen molar-refractivity contribution in [2.24, 2.45) is 0 Å². The standard InChI is InChI=1S/C32H40ClNO5Si/c1-31(2,3)34(30(36)37)26(21-38-23-29(35)24-17-19-25(33)20-18-24)22-39-40(32(4,5)6,27-13-9-7-10-14-27)28-15-11-8-12-16-28/h7-20,26H,21-23H2,1-6H3,(H,36,37). The summed E-state index contributed by atoms with van der Waals surface area (Å²) in [5, 5.41) is 12.7. The third-order valence-corrected chi connectivity index (χ3v) is 12.2. The van der Waals surface area contributed by atoms with E-state index in [1.54, 1.807) is 24.3 Å². The van der Waals surface area contributed by atoms with Gasteiger partial charge in [-0.25, -0.2) is 4.79 Å². The van der Waals surface area contributed by atoms with Gasteiger partial charge in [-0.15, -0.1) is 0 Å². The number of halogens is 1. The van der Waals surface area contributed by atoms with Crippen LogP contribution in [0.2, 0.25) is 10.1 Å². The van der Waals surface area contributed by atoms with Crippen LogP contribution in [0.5, 0.6) is 0 Å². The molecule has 3 aromatic carbocycles. The number of carbonyl (C=O) groups excluding carboxylic acids is 1. The molecule has 0 aromatic heterocycles. The Labute approximate surface area is 244 Å². The van der Waals surface area contributed by atoms with Crippen LogP contribution in [0.25, 0.3) is 0 Å². The highest BCUT2D eigenvalue weighted by Crippen LogP contribution is 2.37. The second kappa shape index (κ2) is 13.1. The lowest BCUT2D eigenvalue weighted by atomic mass is 10.0. The van der Waals surface area contributed by atoms with E-state index in [4.69, 9.17) is 20.8 Å². The van der Waals surface area contributed by atoms with Crippen molar-refractivity contribution in [2.75, 3.05) is 19.8 Å².